The first-order valence-electron chi connectivity index (χ1n) is 8.26. The Morgan fingerprint density at radius 2 is 1.85 bits per heavy atom. The monoisotopic (exact) mass is 376 g/mol. The Balaban J connectivity index is 1.83. The van der Waals surface area contributed by atoms with Crippen molar-refractivity contribution in [2.45, 2.75) is 9.79 Å². The van der Waals surface area contributed by atoms with Crippen LogP contribution in [0.4, 0.5) is 10.1 Å². The molecule has 26 heavy (non-hydrogen) atoms. The average Bonchev–Trinajstić information content (AvgIpc) is 2.64. The van der Waals surface area contributed by atoms with Crippen molar-refractivity contribution in [3.8, 4) is 0 Å². The number of quaternary nitrogens is 1. The highest BCUT2D eigenvalue weighted by Gasteiger charge is 2.25. The van der Waals surface area contributed by atoms with Gasteiger partial charge >= 0.3 is 0 Å². The first kappa shape index (κ1) is 18.3. The van der Waals surface area contributed by atoms with Crippen LogP contribution in [0.2, 0.25) is 0 Å². The maximum Gasteiger partial charge on any atom is 0.284 e. The molecule has 0 radical (unpaired) electrons. The van der Waals surface area contributed by atoms with Crippen molar-refractivity contribution in [3.63, 3.8) is 0 Å². The van der Waals surface area contributed by atoms with Gasteiger partial charge in [0.1, 0.15) is 5.82 Å². The number of halogens is 1. The van der Waals surface area contributed by atoms with Crippen molar-refractivity contribution in [1.29, 1.82) is 0 Å². The van der Waals surface area contributed by atoms with E-state index in [0.29, 0.717) is 28.4 Å². The first-order chi connectivity index (χ1) is 12.4. The van der Waals surface area contributed by atoms with Crippen molar-refractivity contribution in [2.24, 2.45) is 0 Å². The van der Waals surface area contributed by atoms with Crippen molar-refractivity contribution in [1.82, 2.24) is 4.90 Å². The van der Waals surface area contributed by atoms with Crippen LogP contribution in [0.25, 0.3) is 0 Å². The second-order valence-electron chi connectivity index (χ2n) is 6.24. The zero-order valence-electron chi connectivity index (χ0n) is 14.3. The van der Waals surface area contributed by atoms with E-state index in [1.165, 1.54) is 34.9 Å². The van der Waals surface area contributed by atoms with E-state index in [-0.39, 0.29) is 17.4 Å². The van der Waals surface area contributed by atoms with E-state index >= 15 is 0 Å². The Hall–Kier alpha value is -2.45. The maximum absolute atomic E-state index is 13.0. The number of carbonyl (C=O) groups excluding carboxylic acids is 1. The lowest BCUT2D eigenvalue weighted by molar-refractivity contribution is -0.883. The fraction of sp³-hybridized carbons (Fsp3) is 0.278. The predicted molar refractivity (Wildman–Crippen MR) is 96.1 cm³/mol. The molecule has 1 aliphatic rings. The quantitative estimate of drug-likeness (QED) is 0.653. The molecule has 0 saturated carbocycles. The molecule has 1 heterocycles. The van der Waals surface area contributed by atoms with Gasteiger partial charge in [0.25, 0.3) is 11.6 Å². The van der Waals surface area contributed by atoms with Gasteiger partial charge in [-0.2, -0.15) is 0 Å². The predicted octanol–water partition coefficient (Wildman–Crippen LogP) is 1.86. The minimum absolute atomic E-state index is 0.120. The van der Waals surface area contributed by atoms with Crippen LogP contribution in [0.5, 0.6) is 0 Å². The number of hydrogen-bond donors (Lipinski definition) is 1. The lowest BCUT2D eigenvalue weighted by atomic mass is 10.1. The molecule has 3 rings (SSSR count). The van der Waals surface area contributed by atoms with E-state index in [1.807, 2.05) is 0 Å². The Morgan fingerprint density at radius 3 is 2.46 bits per heavy atom. The van der Waals surface area contributed by atoms with Gasteiger partial charge in [0.05, 0.1) is 43.0 Å². The SMILES string of the molecule is C[NH+]1CCN(C(=O)c2ccc(Sc3ccc(F)cc3)c([N+](=O)[O-])c2)CC1. The number of hydrogen-bond acceptors (Lipinski definition) is 4. The lowest BCUT2D eigenvalue weighted by Crippen LogP contribution is -3.12. The van der Waals surface area contributed by atoms with Gasteiger partial charge in [0.2, 0.25) is 0 Å². The molecule has 0 aromatic heterocycles. The zero-order chi connectivity index (χ0) is 18.7. The molecule has 0 unspecified atom stereocenters. The number of amides is 1. The fourth-order valence-corrected chi connectivity index (χ4v) is 3.68. The van der Waals surface area contributed by atoms with Gasteiger partial charge in [0, 0.05) is 16.5 Å². The zero-order valence-corrected chi connectivity index (χ0v) is 15.1. The van der Waals surface area contributed by atoms with Gasteiger partial charge in [-0.1, -0.05) is 11.8 Å². The number of carbonyl (C=O) groups is 1. The molecule has 0 spiro atoms. The summed E-state index contributed by atoms with van der Waals surface area (Å²) >= 11 is 1.17. The number of nitro groups is 1. The van der Waals surface area contributed by atoms with Crippen molar-refractivity contribution in [3.05, 3.63) is 64.0 Å². The highest BCUT2D eigenvalue weighted by atomic mass is 32.2. The third kappa shape index (κ3) is 4.20. The van der Waals surface area contributed by atoms with Gasteiger partial charge in [-0.05, 0) is 36.4 Å². The van der Waals surface area contributed by atoms with E-state index in [1.54, 1.807) is 29.2 Å². The average molecular weight is 376 g/mol. The molecule has 8 heteroatoms. The van der Waals surface area contributed by atoms with E-state index in [9.17, 15) is 19.3 Å². The standard InChI is InChI=1S/C18H18FN3O3S/c1-20-8-10-21(11-9-20)18(23)13-2-7-17(16(12-13)22(24)25)26-15-5-3-14(19)4-6-15/h2-7,12H,8-11H2,1H3/p+1. The fourth-order valence-electron chi connectivity index (χ4n) is 2.78. The summed E-state index contributed by atoms with van der Waals surface area (Å²) in [7, 11) is 2.08. The van der Waals surface area contributed by atoms with E-state index in [0.717, 1.165) is 13.1 Å². The van der Waals surface area contributed by atoms with Crippen LogP contribution < -0.4 is 4.90 Å². The van der Waals surface area contributed by atoms with Crippen LogP contribution in [-0.2, 0) is 0 Å². The third-order valence-corrected chi connectivity index (χ3v) is 5.42. The summed E-state index contributed by atoms with van der Waals surface area (Å²) in [6.07, 6.45) is 0. The van der Waals surface area contributed by atoms with Gasteiger partial charge in [-0.25, -0.2) is 4.39 Å². The van der Waals surface area contributed by atoms with Crippen molar-refractivity contribution in [2.75, 3.05) is 33.2 Å². The van der Waals surface area contributed by atoms with Gasteiger partial charge in [0.15, 0.2) is 0 Å². The van der Waals surface area contributed by atoms with Crippen LogP contribution in [-0.4, -0.2) is 49.0 Å². The second kappa shape index (κ2) is 7.84. The molecule has 2 aromatic rings. The van der Waals surface area contributed by atoms with Crippen LogP contribution in [0.1, 0.15) is 10.4 Å². The Bertz CT molecular complexity index is 821. The normalized spacial score (nSPS) is 15.1. The van der Waals surface area contributed by atoms with Crippen LogP contribution >= 0.6 is 11.8 Å². The van der Waals surface area contributed by atoms with E-state index in [2.05, 4.69) is 7.05 Å². The summed E-state index contributed by atoms with van der Waals surface area (Å²) in [4.78, 5) is 27.8. The van der Waals surface area contributed by atoms with Crippen LogP contribution in [0, 0.1) is 15.9 Å². The molecule has 2 aromatic carbocycles. The number of piperazine rings is 1. The van der Waals surface area contributed by atoms with Gasteiger partial charge in [-0.3, -0.25) is 14.9 Å². The third-order valence-electron chi connectivity index (χ3n) is 4.35. The Morgan fingerprint density at radius 1 is 1.19 bits per heavy atom. The molecule has 1 fully saturated rings. The van der Waals surface area contributed by atoms with Crippen molar-refractivity contribution >= 4 is 23.4 Å². The Labute approximate surface area is 154 Å². The summed E-state index contributed by atoms with van der Waals surface area (Å²) in [5, 5.41) is 11.5. The largest absolute Gasteiger partial charge is 0.334 e. The summed E-state index contributed by atoms with van der Waals surface area (Å²) < 4.78 is 13.0. The Kier molecular flexibility index (Phi) is 5.53. The van der Waals surface area contributed by atoms with Crippen LogP contribution in [0.3, 0.4) is 0 Å². The van der Waals surface area contributed by atoms with Crippen LogP contribution in [0.15, 0.2) is 52.3 Å². The molecule has 0 atom stereocenters. The number of nitrogens with one attached hydrogen (secondary N) is 1. The molecule has 136 valence electrons. The summed E-state index contributed by atoms with van der Waals surface area (Å²) in [5.41, 5.74) is 0.199. The highest BCUT2D eigenvalue weighted by molar-refractivity contribution is 7.99. The summed E-state index contributed by atoms with van der Waals surface area (Å²) in [5.74, 6) is -0.544. The highest BCUT2D eigenvalue weighted by Crippen LogP contribution is 2.35. The lowest BCUT2D eigenvalue weighted by Gasteiger charge is -2.30. The number of likely N-dealkylation sites (N-methyl/N-ethyl adjacent to an activating group) is 1. The summed E-state index contributed by atoms with van der Waals surface area (Å²) in [6, 6.07) is 10.3. The number of nitrogens with zero attached hydrogens (tertiary/aromatic N) is 2. The maximum atomic E-state index is 13.0. The number of benzene rings is 2. The molecule has 0 aliphatic carbocycles. The molecular formula is C18H19FN3O3S+. The molecule has 6 nitrogen and oxygen atoms in total. The molecule has 0 bridgehead atoms. The molecule has 1 N–H and O–H groups in total. The number of nitro benzene ring substituents is 1. The topological polar surface area (TPSA) is 67.9 Å². The smallest absolute Gasteiger partial charge is 0.284 e. The minimum Gasteiger partial charge on any atom is -0.334 e. The molecule has 1 saturated heterocycles. The first-order valence-corrected chi connectivity index (χ1v) is 9.08. The number of rotatable bonds is 4. The molecular weight excluding hydrogens is 357 g/mol. The molecule has 1 amide bonds. The minimum atomic E-state index is -0.489. The van der Waals surface area contributed by atoms with Crippen molar-refractivity contribution < 1.29 is 19.0 Å². The second-order valence-corrected chi connectivity index (χ2v) is 7.36. The van der Waals surface area contributed by atoms with E-state index in [4.69, 9.17) is 0 Å². The van der Waals surface area contributed by atoms with Gasteiger partial charge < -0.3 is 9.80 Å². The van der Waals surface area contributed by atoms with E-state index < -0.39 is 4.92 Å². The summed E-state index contributed by atoms with van der Waals surface area (Å²) in [6.45, 7) is 3.02. The van der Waals surface area contributed by atoms with Gasteiger partial charge in [-0.15, -0.1) is 0 Å². The molecule has 1 aliphatic heterocycles.